The molecule has 0 bridgehead atoms. The molecule has 30 heavy (non-hydrogen) atoms. The number of hydrogen-bond donors (Lipinski definition) is 1. The molecule has 0 saturated heterocycles. The first-order valence-electron chi connectivity index (χ1n) is 11.3. The van der Waals surface area contributed by atoms with Gasteiger partial charge in [-0.3, -0.25) is 9.59 Å². The Bertz CT molecular complexity index is 826. The maximum Gasteiger partial charge on any atom is 0.288 e. The third-order valence-corrected chi connectivity index (χ3v) is 7.11. The summed E-state index contributed by atoms with van der Waals surface area (Å²) in [7, 11) is 0. The van der Waals surface area contributed by atoms with Gasteiger partial charge in [-0.1, -0.05) is 31.1 Å². The van der Waals surface area contributed by atoms with Crippen molar-refractivity contribution in [1.82, 2.24) is 15.3 Å². The Morgan fingerprint density at radius 2 is 1.97 bits per heavy atom. The molecule has 0 aromatic rings. The molecule has 0 aromatic heterocycles. The van der Waals surface area contributed by atoms with Crippen LogP contribution in [-0.2, 0) is 9.59 Å². The average Bonchev–Trinajstić information content (AvgIpc) is 3.11. The van der Waals surface area contributed by atoms with E-state index >= 15 is 0 Å². The van der Waals surface area contributed by atoms with Gasteiger partial charge < -0.3 is 20.5 Å². The zero-order valence-corrected chi connectivity index (χ0v) is 18.0. The van der Waals surface area contributed by atoms with Gasteiger partial charge in [0.1, 0.15) is 0 Å². The Balaban J connectivity index is 1.80. The smallest absolute Gasteiger partial charge is 0.288 e. The van der Waals surface area contributed by atoms with Gasteiger partial charge in [-0.05, 0) is 58.4 Å². The van der Waals surface area contributed by atoms with Crippen molar-refractivity contribution in [3.05, 3.63) is 52.3 Å². The number of carbonyl (C=O) groups is 2. The van der Waals surface area contributed by atoms with E-state index in [-0.39, 0.29) is 17.9 Å². The van der Waals surface area contributed by atoms with Crippen LogP contribution in [0, 0.1) is 17.0 Å². The lowest BCUT2D eigenvalue weighted by Gasteiger charge is -2.49. The van der Waals surface area contributed by atoms with Crippen LogP contribution in [0.1, 0.15) is 65.2 Å². The number of fused-ring (bicyclic) bond motifs is 1. The molecule has 1 fully saturated rings. The fourth-order valence-corrected chi connectivity index (χ4v) is 5.63. The first-order valence-corrected chi connectivity index (χ1v) is 11.3. The van der Waals surface area contributed by atoms with Crippen LogP contribution in [0.5, 0.6) is 0 Å². The molecule has 4 rings (SSSR count). The second kappa shape index (κ2) is 8.80. The predicted molar refractivity (Wildman–Crippen MR) is 116 cm³/mol. The molecular weight excluding hydrogens is 378 g/mol. The number of nitrogens with one attached hydrogen (secondary N) is 1. The van der Waals surface area contributed by atoms with Crippen LogP contribution >= 0.6 is 0 Å². The highest BCUT2D eigenvalue weighted by Gasteiger charge is 2.40. The fraction of sp³-hybridized carbons (Fsp3) is 0.583. The van der Waals surface area contributed by atoms with Crippen LogP contribution in [0.15, 0.2) is 47.1 Å². The quantitative estimate of drug-likeness (QED) is 0.319. The van der Waals surface area contributed by atoms with Gasteiger partial charge in [0.2, 0.25) is 6.29 Å². The highest BCUT2D eigenvalue weighted by Crippen LogP contribution is 2.47. The van der Waals surface area contributed by atoms with Crippen molar-refractivity contribution in [3.63, 3.8) is 0 Å². The van der Waals surface area contributed by atoms with Gasteiger partial charge >= 0.3 is 0 Å². The van der Waals surface area contributed by atoms with Gasteiger partial charge in [0.25, 0.3) is 5.91 Å². The molecule has 3 aliphatic carbocycles. The lowest BCUT2D eigenvalue weighted by molar-refractivity contribution is -0.131. The normalized spacial score (nSPS) is 31.1. The summed E-state index contributed by atoms with van der Waals surface area (Å²) in [5, 5.41) is 17.5. The van der Waals surface area contributed by atoms with Crippen molar-refractivity contribution in [1.29, 1.82) is 0 Å². The minimum atomic E-state index is -0.675. The van der Waals surface area contributed by atoms with Gasteiger partial charge in [-0.25, -0.2) is 0 Å². The highest BCUT2D eigenvalue weighted by atomic mass is 16.5. The Morgan fingerprint density at radius 1 is 1.20 bits per heavy atom. The molecule has 0 radical (unpaired) electrons. The fourth-order valence-electron chi connectivity index (χ4n) is 5.63. The van der Waals surface area contributed by atoms with E-state index in [2.05, 4.69) is 42.3 Å². The van der Waals surface area contributed by atoms with E-state index in [9.17, 15) is 14.8 Å². The molecule has 1 N–H and O–H groups in total. The molecule has 0 aromatic carbocycles. The number of hydroxylamine groups is 2. The molecule has 1 amide bonds. The topological polar surface area (TPSA) is 75.7 Å². The van der Waals surface area contributed by atoms with E-state index < -0.39 is 5.91 Å². The molecule has 0 spiro atoms. The predicted octanol–water partition coefficient (Wildman–Crippen LogP) is 4.12. The minimum Gasteiger partial charge on any atom is -0.758 e. The van der Waals surface area contributed by atoms with Crippen LogP contribution in [-0.4, -0.2) is 34.2 Å². The summed E-state index contributed by atoms with van der Waals surface area (Å²) in [4.78, 5) is 25.6. The number of carbonyl (C=O) groups excluding carboxylic acids is 2. The standard InChI is InChI=1S/C24H32N3O3/c1-16-12-13-17(2)26(16)21-14-22(27(30)18-8-4-3-5-9-18)24(25-23(29)15-28)20-11-7-6-10-19(20)21/h3-4,12,14-15,17-20H,5-11,13H2,1-2H3,(H,25,29)/q-1. The second-order valence-electron chi connectivity index (χ2n) is 9.04. The van der Waals surface area contributed by atoms with E-state index in [1.165, 1.54) is 11.4 Å². The summed E-state index contributed by atoms with van der Waals surface area (Å²) in [6.07, 6.45) is 16.3. The SMILES string of the molecule is CC1=CCC(C)N1C1=CC(N([O-])C2CC=CCC2)=C(NC(=O)C=O)C2CCCCC12. The average molecular weight is 411 g/mol. The van der Waals surface area contributed by atoms with E-state index in [1.54, 1.807) is 0 Å². The van der Waals surface area contributed by atoms with E-state index in [0.29, 0.717) is 30.1 Å². The van der Waals surface area contributed by atoms with Gasteiger partial charge in [0.05, 0.1) is 0 Å². The first-order chi connectivity index (χ1) is 14.5. The van der Waals surface area contributed by atoms with Crippen molar-refractivity contribution < 1.29 is 9.59 Å². The zero-order valence-electron chi connectivity index (χ0n) is 18.0. The molecule has 162 valence electrons. The molecule has 4 unspecified atom stereocenters. The maximum absolute atomic E-state index is 13.5. The molecular formula is C24H32N3O3-. The first kappa shape index (κ1) is 20.9. The third-order valence-electron chi connectivity index (χ3n) is 7.11. The molecule has 1 aliphatic heterocycles. The van der Waals surface area contributed by atoms with Gasteiger partial charge in [-0.15, -0.1) is 0 Å². The monoisotopic (exact) mass is 410 g/mol. The largest absolute Gasteiger partial charge is 0.758 e. The molecule has 4 aliphatic rings. The molecule has 4 atom stereocenters. The summed E-state index contributed by atoms with van der Waals surface area (Å²) in [6.45, 7) is 4.36. The Kier molecular flexibility index (Phi) is 6.14. The minimum absolute atomic E-state index is 0.0637. The molecule has 6 nitrogen and oxygen atoms in total. The third kappa shape index (κ3) is 3.85. The number of rotatable bonds is 5. The molecule has 1 heterocycles. The van der Waals surface area contributed by atoms with Crippen molar-refractivity contribution in [3.8, 4) is 0 Å². The Hall–Kier alpha value is -2.34. The molecule has 1 saturated carbocycles. The second-order valence-corrected chi connectivity index (χ2v) is 9.04. The lowest BCUT2D eigenvalue weighted by Crippen LogP contribution is -2.44. The molecule has 6 heteroatoms. The van der Waals surface area contributed by atoms with Crippen molar-refractivity contribution in [2.24, 2.45) is 11.8 Å². The van der Waals surface area contributed by atoms with E-state index in [4.69, 9.17) is 0 Å². The van der Waals surface area contributed by atoms with E-state index in [0.717, 1.165) is 50.0 Å². The van der Waals surface area contributed by atoms with Gasteiger partial charge in [0, 0.05) is 46.7 Å². The van der Waals surface area contributed by atoms with Crippen molar-refractivity contribution >= 4 is 12.2 Å². The van der Waals surface area contributed by atoms with Gasteiger partial charge in [-0.2, -0.15) is 0 Å². The summed E-state index contributed by atoms with van der Waals surface area (Å²) in [6, 6.07) is 0.224. The maximum atomic E-state index is 13.5. The summed E-state index contributed by atoms with van der Waals surface area (Å²) < 4.78 is 0. The van der Waals surface area contributed by atoms with Crippen LogP contribution in [0.3, 0.4) is 0 Å². The zero-order chi connectivity index (χ0) is 21.3. The van der Waals surface area contributed by atoms with Crippen LogP contribution in [0.25, 0.3) is 0 Å². The number of nitrogens with zero attached hydrogens (tertiary/aromatic N) is 2. The van der Waals surface area contributed by atoms with Crippen LogP contribution < -0.4 is 5.32 Å². The van der Waals surface area contributed by atoms with Crippen molar-refractivity contribution in [2.45, 2.75) is 77.3 Å². The Labute approximate surface area is 178 Å². The Morgan fingerprint density at radius 3 is 2.60 bits per heavy atom. The van der Waals surface area contributed by atoms with E-state index in [1.807, 2.05) is 6.08 Å². The number of amides is 1. The summed E-state index contributed by atoms with van der Waals surface area (Å²) in [5.41, 5.74) is 3.62. The summed E-state index contributed by atoms with van der Waals surface area (Å²) in [5.74, 6) is -0.354. The highest BCUT2D eigenvalue weighted by molar-refractivity contribution is 6.24. The van der Waals surface area contributed by atoms with Crippen LogP contribution in [0.4, 0.5) is 0 Å². The van der Waals surface area contributed by atoms with Crippen molar-refractivity contribution in [2.75, 3.05) is 0 Å². The number of hydrogen-bond acceptors (Lipinski definition) is 5. The van der Waals surface area contributed by atoms with Gasteiger partial charge in [0.15, 0.2) is 0 Å². The summed E-state index contributed by atoms with van der Waals surface area (Å²) >= 11 is 0. The van der Waals surface area contributed by atoms with Crippen LogP contribution in [0.2, 0.25) is 0 Å². The number of aldehydes is 1. The number of allylic oxidation sites excluding steroid dienone is 5. The lowest BCUT2D eigenvalue weighted by atomic mass is 9.72.